The fraction of sp³-hybridized carbons (Fsp3) is 0.375. The quantitative estimate of drug-likeness (QED) is 0.395. The second-order valence-corrected chi connectivity index (χ2v) is 8.25. The molecule has 12 heteroatoms. The Bertz CT molecular complexity index is 827. The Morgan fingerprint density at radius 1 is 1.32 bits per heavy atom. The van der Waals surface area contributed by atoms with Crippen LogP contribution in [0.15, 0.2) is 35.4 Å². The molecule has 0 aliphatic carbocycles. The number of nitrogens with zero attached hydrogens (tertiary/aromatic N) is 2. The fourth-order valence-corrected chi connectivity index (χ4v) is 4.70. The van der Waals surface area contributed by atoms with Gasteiger partial charge in [0.25, 0.3) is 5.91 Å². The number of halogens is 3. The Kier molecular flexibility index (Phi) is 6.43. The van der Waals surface area contributed by atoms with Crippen LogP contribution in [0.2, 0.25) is 0 Å². The molecule has 3 rings (SSSR count). The minimum absolute atomic E-state index is 0.0247. The van der Waals surface area contributed by atoms with Crippen LogP contribution in [0.3, 0.4) is 0 Å². The molecule has 0 bridgehead atoms. The number of hydrogen-bond donors (Lipinski definition) is 4. The fourth-order valence-electron chi connectivity index (χ4n) is 2.84. The SMILES string of the molecule is CNNC1CSCC1n1cc(C(N)=O)c(Nc2ccc(SC(F)(F)F)cc2)n1. The van der Waals surface area contributed by atoms with Gasteiger partial charge < -0.3 is 11.1 Å². The summed E-state index contributed by atoms with van der Waals surface area (Å²) in [7, 11) is 1.78. The van der Waals surface area contributed by atoms with E-state index in [2.05, 4.69) is 21.3 Å². The Morgan fingerprint density at radius 3 is 2.64 bits per heavy atom. The topological polar surface area (TPSA) is 97.0 Å². The van der Waals surface area contributed by atoms with Crippen LogP contribution < -0.4 is 21.9 Å². The van der Waals surface area contributed by atoms with Crippen LogP contribution in [0.4, 0.5) is 24.7 Å². The first-order valence-electron chi connectivity index (χ1n) is 8.28. The standard InChI is InChI=1S/C16H19F3N6OS2/c1-21-23-12-7-27-8-13(12)25-6-11(14(20)26)15(24-25)22-9-2-4-10(5-3-9)28-16(17,18)19/h2-6,12-13,21,23H,7-8H2,1H3,(H2,20,26)(H,22,24). The molecule has 1 aromatic carbocycles. The van der Waals surface area contributed by atoms with Gasteiger partial charge >= 0.3 is 5.51 Å². The molecule has 2 unspecified atom stereocenters. The number of thioether (sulfide) groups is 2. The molecular formula is C16H19F3N6OS2. The summed E-state index contributed by atoms with van der Waals surface area (Å²) in [5.41, 5.74) is 7.94. The number of nitrogens with one attached hydrogen (secondary N) is 3. The molecule has 1 aromatic heterocycles. The second kappa shape index (κ2) is 8.64. The van der Waals surface area contributed by atoms with Crippen molar-refractivity contribution in [1.29, 1.82) is 0 Å². The van der Waals surface area contributed by atoms with Crippen molar-refractivity contribution < 1.29 is 18.0 Å². The zero-order chi connectivity index (χ0) is 20.3. The van der Waals surface area contributed by atoms with E-state index in [0.29, 0.717) is 5.69 Å². The highest BCUT2D eigenvalue weighted by Gasteiger charge is 2.31. The lowest BCUT2D eigenvalue weighted by atomic mass is 10.2. The number of carbonyl (C=O) groups is 1. The van der Waals surface area contributed by atoms with Crippen LogP contribution in [-0.4, -0.2) is 45.8 Å². The van der Waals surface area contributed by atoms with Crippen molar-refractivity contribution in [2.75, 3.05) is 23.9 Å². The highest BCUT2D eigenvalue weighted by Crippen LogP contribution is 2.37. The van der Waals surface area contributed by atoms with Gasteiger partial charge in [-0.05, 0) is 43.1 Å². The van der Waals surface area contributed by atoms with Crippen molar-refractivity contribution in [1.82, 2.24) is 20.6 Å². The molecule has 0 saturated carbocycles. The number of hydrazine groups is 1. The maximum atomic E-state index is 12.4. The maximum Gasteiger partial charge on any atom is 0.446 e. The average molecular weight is 432 g/mol. The summed E-state index contributed by atoms with van der Waals surface area (Å²) in [6.07, 6.45) is 1.60. The number of hydrogen-bond acceptors (Lipinski definition) is 7. The zero-order valence-corrected chi connectivity index (χ0v) is 16.4. The Labute approximate surface area is 168 Å². The van der Waals surface area contributed by atoms with E-state index in [1.165, 1.54) is 24.3 Å². The van der Waals surface area contributed by atoms with Crippen molar-refractivity contribution in [2.24, 2.45) is 5.73 Å². The molecule has 1 fully saturated rings. The number of aromatic nitrogens is 2. The first-order chi connectivity index (χ1) is 13.3. The molecule has 2 atom stereocenters. The van der Waals surface area contributed by atoms with Crippen molar-refractivity contribution in [2.45, 2.75) is 22.5 Å². The minimum atomic E-state index is -4.34. The number of primary amides is 1. The number of anilines is 2. The van der Waals surface area contributed by atoms with E-state index in [-0.39, 0.29) is 40.1 Å². The van der Waals surface area contributed by atoms with Crippen molar-refractivity contribution in [3.8, 4) is 0 Å². The Balaban J connectivity index is 1.80. The van der Waals surface area contributed by atoms with E-state index in [0.717, 1.165) is 11.5 Å². The molecule has 28 heavy (non-hydrogen) atoms. The minimum Gasteiger partial charge on any atom is -0.365 e. The van der Waals surface area contributed by atoms with Gasteiger partial charge in [0.2, 0.25) is 0 Å². The molecule has 5 N–H and O–H groups in total. The van der Waals surface area contributed by atoms with Gasteiger partial charge in [-0.3, -0.25) is 20.3 Å². The summed E-state index contributed by atoms with van der Waals surface area (Å²) in [6.45, 7) is 0. The molecule has 1 saturated heterocycles. The number of nitrogens with two attached hydrogens (primary N) is 1. The first kappa shape index (κ1) is 20.8. The van der Waals surface area contributed by atoms with Gasteiger partial charge in [0, 0.05) is 28.3 Å². The van der Waals surface area contributed by atoms with Crippen LogP contribution in [0, 0.1) is 0 Å². The largest absolute Gasteiger partial charge is 0.446 e. The summed E-state index contributed by atoms with van der Waals surface area (Å²) >= 11 is 1.58. The monoisotopic (exact) mass is 432 g/mol. The van der Waals surface area contributed by atoms with Gasteiger partial charge in [-0.2, -0.15) is 30.0 Å². The summed E-state index contributed by atoms with van der Waals surface area (Å²) in [4.78, 5) is 11.9. The van der Waals surface area contributed by atoms with E-state index in [9.17, 15) is 18.0 Å². The lowest BCUT2D eigenvalue weighted by Crippen LogP contribution is -2.43. The lowest BCUT2D eigenvalue weighted by Gasteiger charge is -2.19. The smallest absolute Gasteiger partial charge is 0.365 e. The molecule has 1 aliphatic rings. The maximum absolute atomic E-state index is 12.4. The predicted molar refractivity (Wildman–Crippen MR) is 105 cm³/mol. The molecule has 0 radical (unpaired) electrons. The number of rotatable bonds is 7. The third kappa shape index (κ3) is 5.13. The van der Waals surface area contributed by atoms with Crippen molar-refractivity contribution >= 4 is 40.9 Å². The van der Waals surface area contributed by atoms with Crippen LogP contribution in [-0.2, 0) is 0 Å². The molecule has 2 heterocycles. The summed E-state index contributed by atoms with van der Waals surface area (Å²) < 4.78 is 39.0. The van der Waals surface area contributed by atoms with Gasteiger partial charge in [0.15, 0.2) is 5.82 Å². The highest BCUT2D eigenvalue weighted by atomic mass is 32.2. The van der Waals surface area contributed by atoms with E-state index >= 15 is 0 Å². The van der Waals surface area contributed by atoms with Crippen molar-refractivity contribution in [3.63, 3.8) is 0 Å². The number of benzene rings is 1. The van der Waals surface area contributed by atoms with Crippen molar-refractivity contribution in [3.05, 3.63) is 36.0 Å². The van der Waals surface area contributed by atoms with Crippen LogP contribution >= 0.6 is 23.5 Å². The predicted octanol–water partition coefficient (Wildman–Crippen LogP) is 2.72. The molecule has 1 amide bonds. The molecule has 1 aliphatic heterocycles. The molecule has 152 valence electrons. The molecule has 2 aromatic rings. The average Bonchev–Trinajstić information content (AvgIpc) is 3.22. The van der Waals surface area contributed by atoms with Gasteiger partial charge in [0.1, 0.15) is 5.56 Å². The normalized spacial score (nSPS) is 19.7. The van der Waals surface area contributed by atoms with Crippen LogP contribution in [0.25, 0.3) is 0 Å². The van der Waals surface area contributed by atoms with Crippen LogP contribution in [0.5, 0.6) is 0 Å². The number of alkyl halides is 3. The molecule has 7 nitrogen and oxygen atoms in total. The first-order valence-corrected chi connectivity index (χ1v) is 10.3. The van der Waals surface area contributed by atoms with E-state index < -0.39 is 11.4 Å². The van der Waals surface area contributed by atoms with E-state index in [1.807, 2.05) is 0 Å². The molecule has 0 spiro atoms. The van der Waals surface area contributed by atoms with Crippen LogP contribution in [0.1, 0.15) is 16.4 Å². The number of amides is 1. The summed E-state index contributed by atoms with van der Waals surface area (Å²) in [5.74, 6) is 1.34. The Morgan fingerprint density at radius 2 is 2.04 bits per heavy atom. The zero-order valence-electron chi connectivity index (χ0n) is 14.8. The van der Waals surface area contributed by atoms with Gasteiger partial charge in [0.05, 0.1) is 12.1 Å². The third-order valence-corrected chi connectivity index (χ3v) is 5.98. The summed E-state index contributed by atoms with van der Waals surface area (Å²) in [5, 5.41) is 7.43. The van der Waals surface area contributed by atoms with Gasteiger partial charge in [-0.1, -0.05) is 0 Å². The summed E-state index contributed by atoms with van der Waals surface area (Å²) in [6, 6.07) is 5.84. The lowest BCUT2D eigenvalue weighted by molar-refractivity contribution is -0.0328. The van der Waals surface area contributed by atoms with Gasteiger partial charge in [-0.15, -0.1) is 0 Å². The van der Waals surface area contributed by atoms with Gasteiger partial charge in [-0.25, -0.2) is 0 Å². The number of carbonyl (C=O) groups excluding carboxylic acids is 1. The molecular weight excluding hydrogens is 413 g/mol. The third-order valence-electron chi connectivity index (χ3n) is 4.07. The van der Waals surface area contributed by atoms with E-state index in [4.69, 9.17) is 5.73 Å². The second-order valence-electron chi connectivity index (χ2n) is 6.04. The highest BCUT2D eigenvalue weighted by molar-refractivity contribution is 8.00. The Hall–Kier alpha value is -1.89. The van der Waals surface area contributed by atoms with E-state index in [1.54, 1.807) is 29.7 Å².